The van der Waals surface area contributed by atoms with Crippen molar-refractivity contribution in [3.05, 3.63) is 46.1 Å². The van der Waals surface area contributed by atoms with Gasteiger partial charge in [0.25, 0.3) is 0 Å². The summed E-state index contributed by atoms with van der Waals surface area (Å²) in [7, 11) is 1.55. The SMILES string of the molecule is COc1c(C)c2c(c(O)c1C/C=C(\C)CC(C=O)C/C=C/CBr)C(=O)OC2. The van der Waals surface area contributed by atoms with E-state index in [2.05, 4.69) is 15.9 Å². The molecule has 0 bridgehead atoms. The highest BCUT2D eigenvalue weighted by Crippen LogP contribution is 2.42. The molecule has 6 heteroatoms. The zero-order valence-corrected chi connectivity index (χ0v) is 17.5. The molecule has 1 unspecified atom stereocenters. The van der Waals surface area contributed by atoms with Crippen LogP contribution < -0.4 is 4.74 Å². The lowest BCUT2D eigenvalue weighted by molar-refractivity contribution is -0.111. The summed E-state index contributed by atoms with van der Waals surface area (Å²) in [5, 5.41) is 11.4. The first-order valence-corrected chi connectivity index (χ1v) is 9.96. The number of esters is 1. The molecular weight excluding hydrogens is 412 g/mol. The number of alkyl halides is 1. The average Bonchev–Trinajstić information content (AvgIpc) is 3.04. The number of halogens is 1. The number of fused-ring (bicyclic) bond motifs is 1. The Kier molecular flexibility index (Phi) is 7.66. The zero-order chi connectivity index (χ0) is 20.0. The maximum atomic E-state index is 12.0. The predicted molar refractivity (Wildman–Crippen MR) is 108 cm³/mol. The minimum absolute atomic E-state index is 0.0776. The van der Waals surface area contributed by atoms with Crippen LogP contribution in [0.25, 0.3) is 0 Å². The molecule has 27 heavy (non-hydrogen) atoms. The van der Waals surface area contributed by atoms with Crippen molar-refractivity contribution in [2.24, 2.45) is 5.92 Å². The summed E-state index contributed by atoms with van der Waals surface area (Å²) in [6, 6.07) is 0. The molecule has 0 aliphatic carbocycles. The Balaban J connectivity index is 2.24. The van der Waals surface area contributed by atoms with E-state index in [0.29, 0.717) is 36.1 Å². The molecule has 2 rings (SSSR count). The number of phenols is 1. The van der Waals surface area contributed by atoms with Gasteiger partial charge in [-0.2, -0.15) is 0 Å². The Hall–Kier alpha value is -2.08. The molecule has 1 atom stereocenters. The second kappa shape index (κ2) is 9.74. The number of carbonyl (C=O) groups excluding carboxylic acids is 2. The Labute approximate surface area is 168 Å². The molecule has 1 aliphatic heterocycles. The summed E-state index contributed by atoms with van der Waals surface area (Å²) in [6.07, 6.45) is 8.66. The van der Waals surface area contributed by atoms with Crippen LogP contribution >= 0.6 is 15.9 Å². The molecule has 1 aliphatic rings. The molecule has 1 aromatic carbocycles. The van der Waals surface area contributed by atoms with Crippen molar-refractivity contribution in [3.63, 3.8) is 0 Å². The minimum atomic E-state index is -0.505. The van der Waals surface area contributed by atoms with Gasteiger partial charge in [0.2, 0.25) is 0 Å². The number of ether oxygens (including phenoxy) is 2. The topological polar surface area (TPSA) is 72.8 Å². The van der Waals surface area contributed by atoms with E-state index in [1.165, 1.54) is 0 Å². The van der Waals surface area contributed by atoms with Crippen molar-refractivity contribution in [3.8, 4) is 11.5 Å². The lowest BCUT2D eigenvalue weighted by atomic mass is 9.93. The Morgan fingerprint density at radius 1 is 1.41 bits per heavy atom. The number of methoxy groups -OCH3 is 1. The summed E-state index contributed by atoms with van der Waals surface area (Å²) in [5.41, 5.74) is 3.33. The van der Waals surface area contributed by atoms with E-state index in [1.807, 2.05) is 32.1 Å². The van der Waals surface area contributed by atoms with Gasteiger partial charge in [0.1, 0.15) is 30.0 Å². The first-order valence-electron chi connectivity index (χ1n) is 8.84. The quantitative estimate of drug-likeness (QED) is 0.268. The van der Waals surface area contributed by atoms with Gasteiger partial charge in [-0.15, -0.1) is 0 Å². The summed E-state index contributed by atoms with van der Waals surface area (Å²) in [6.45, 7) is 3.97. The standard InChI is InChI=1S/C21H25BrO5/c1-13(10-15(11-23)6-4-5-9-22)7-8-16-19(24)18-17(12-27-21(18)25)14(2)20(16)26-3/h4-5,7,11,15,24H,6,8-10,12H2,1-3H3/b5-4+,13-7+. The molecular formula is C21H25BrO5. The van der Waals surface area contributed by atoms with Crippen LogP contribution in [-0.2, 0) is 22.6 Å². The van der Waals surface area contributed by atoms with Crippen LogP contribution in [-0.4, -0.2) is 29.8 Å². The average molecular weight is 437 g/mol. The van der Waals surface area contributed by atoms with Gasteiger partial charge in [0.05, 0.1) is 7.11 Å². The van der Waals surface area contributed by atoms with Crippen LogP contribution in [0, 0.1) is 12.8 Å². The molecule has 1 heterocycles. The molecule has 146 valence electrons. The zero-order valence-electron chi connectivity index (χ0n) is 15.9. The Morgan fingerprint density at radius 2 is 2.15 bits per heavy atom. The number of benzene rings is 1. The third-order valence-electron chi connectivity index (χ3n) is 4.77. The fourth-order valence-corrected chi connectivity index (χ4v) is 3.59. The highest BCUT2D eigenvalue weighted by atomic mass is 79.9. The fourth-order valence-electron chi connectivity index (χ4n) is 3.32. The summed E-state index contributed by atoms with van der Waals surface area (Å²) < 4.78 is 10.6. The fraction of sp³-hybridized carbons (Fsp3) is 0.429. The van der Waals surface area contributed by atoms with Gasteiger partial charge in [-0.1, -0.05) is 39.7 Å². The highest BCUT2D eigenvalue weighted by Gasteiger charge is 2.31. The molecule has 0 saturated carbocycles. The molecule has 1 aromatic rings. The first kappa shape index (κ1) is 21.2. The predicted octanol–water partition coefficient (Wildman–Crippen LogP) is 4.41. The number of allylic oxidation sites excluding steroid dienone is 4. The number of rotatable bonds is 9. The van der Waals surface area contributed by atoms with E-state index in [0.717, 1.165) is 22.8 Å². The van der Waals surface area contributed by atoms with E-state index in [9.17, 15) is 14.7 Å². The number of hydrogen-bond donors (Lipinski definition) is 1. The normalized spacial score (nSPS) is 15.0. The maximum Gasteiger partial charge on any atom is 0.342 e. The first-order chi connectivity index (χ1) is 12.9. The second-order valence-electron chi connectivity index (χ2n) is 6.63. The van der Waals surface area contributed by atoms with E-state index < -0.39 is 5.97 Å². The molecule has 0 spiro atoms. The number of phenolic OH excluding ortho intramolecular Hbond substituents is 1. The van der Waals surface area contributed by atoms with Crippen molar-refractivity contribution in [1.82, 2.24) is 0 Å². The van der Waals surface area contributed by atoms with Crippen LogP contribution in [0.1, 0.15) is 46.8 Å². The van der Waals surface area contributed by atoms with Crippen molar-refractivity contribution in [2.75, 3.05) is 12.4 Å². The molecule has 1 N–H and O–H groups in total. The number of cyclic esters (lactones) is 1. The van der Waals surface area contributed by atoms with E-state index in [-0.39, 0.29) is 23.8 Å². The number of aldehydes is 1. The van der Waals surface area contributed by atoms with E-state index in [1.54, 1.807) is 7.11 Å². The second-order valence-corrected chi connectivity index (χ2v) is 7.28. The van der Waals surface area contributed by atoms with Crippen molar-refractivity contribution >= 4 is 28.2 Å². The molecule has 0 aromatic heterocycles. The maximum absolute atomic E-state index is 12.0. The summed E-state index contributed by atoms with van der Waals surface area (Å²) in [5.74, 6) is -0.0921. The van der Waals surface area contributed by atoms with E-state index >= 15 is 0 Å². The lowest BCUT2D eigenvalue weighted by Gasteiger charge is -2.16. The molecule has 0 amide bonds. The van der Waals surface area contributed by atoms with Crippen molar-refractivity contribution in [2.45, 2.75) is 39.7 Å². The third-order valence-corrected chi connectivity index (χ3v) is 5.15. The van der Waals surface area contributed by atoms with Gasteiger partial charge >= 0.3 is 5.97 Å². The van der Waals surface area contributed by atoms with Crippen molar-refractivity contribution < 1.29 is 24.2 Å². The van der Waals surface area contributed by atoms with Gasteiger partial charge < -0.3 is 19.4 Å². The van der Waals surface area contributed by atoms with Gasteiger partial charge in [-0.25, -0.2) is 4.79 Å². The van der Waals surface area contributed by atoms with Gasteiger partial charge in [-0.3, -0.25) is 0 Å². The van der Waals surface area contributed by atoms with Gasteiger partial charge in [0, 0.05) is 22.4 Å². The van der Waals surface area contributed by atoms with Crippen LogP contribution in [0.2, 0.25) is 0 Å². The molecule has 0 fully saturated rings. The van der Waals surface area contributed by atoms with Crippen LogP contribution in [0.4, 0.5) is 0 Å². The number of hydrogen-bond acceptors (Lipinski definition) is 5. The van der Waals surface area contributed by atoms with Crippen LogP contribution in [0.15, 0.2) is 23.8 Å². The summed E-state index contributed by atoms with van der Waals surface area (Å²) >= 11 is 3.32. The number of aromatic hydroxyl groups is 1. The third kappa shape index (κ3) is 4.80. The molecule has 0 radical (unpaired) electrons. The number of carbonyl (C=O) groups is 2. The monoisotopic (exact) mass is 436 g/mol. The van der Waals surface area contributed by atoms with Crippen molar-refractivity contribution in [1.29, 1.82) is 0 Å². The highest BCUT2D eigenvalue weighted by molar-refractivity contribution is 9.09. The van der Waals surface area contributed by atoms with Crippen LogP contribution in [0.5, 0.6) is 11.5 Å². The summed E-state index contributed by atoms with van der Waals surface area (Å²) in [4.78, 5) is 23.2. The van der Waals surface area contributed by atoms with Gasteiger partial charge in [-0.05, 0) is 38.7 Å². The largest absolute Gasteiger partial charge is 0.507 e. The Morgan fingerprint density at radius 3 is 2.78 bits per heavy atom. The molecule has 0 saturated heterocycles. The Bertz CT molecular complexity index is 780. The van der Waals surface area contributed by atoms with Gasteiger partial charge in [0.15, 0.2) is 0 Å². The molecule has 5 nitrogen and oxygen atoms in total. The van der Waals surface area contributed by atoms with E-state index in [4.69, 9.17) is 9.47 Å². The minimum Gasteiger partial charge on any atom is -0.507 e. The lowest BCUT2D eigenvalue weighted by Crippen LogP contribution is -2.04. The van der Waals surface area contributed by atoms with Crippen LogP contribution in [0.3, 0.4) is 0 Å². The smallest absolute Gasteiger partial charge is 0.342 e.